The average molecular weight is 268 g/mol. The van der Waals surface area contributed by atoms with Gasteiger partial charge in [0.1, 0.15) is 0 Å². The minimum Gasteiger partial charge on any atom is -0.312 e. The molecule has 0 saturated carbocycles. The smallest absolute Gasteiger partial charge is 0.0238 e. The van der Waals surface area contributed by atoms with E-state index in [2.05, 4.69) is 45.1 Å². The van der Waals surface area contributed by atoms with Gasteiger partial charge in [-0.25, -0.2) is 3.11 Å². The van der Waals surface area contributed by atoms with Crippen LogP contribution in [0.5, 0.6) is 0 Å². The molecule has 2 nitrogen and oxygen atoms in total. The molecule has 0 aromatic heterocycles. The largest absolute Gasteiger partial charge is 0.312 e. The highest BCUT2D eigenvalue weighted by Crippen LogP contribution is 2.16. The SMILES string of the molecule is CCN(I)C[C@@H]1NCC[C@@H]1C. The summed E-state index contributed by atoms with van der Waals surface area (Å²) in [6.45, 7) is 8.08. The highest BCUT2D eigenvalue weighted by molar-refractivity contribution is 14.1. The van der Waals surface area contributed by atoms with Crippen LogP contribution in [0.4, 0.5) is 0 Å². The summed E-state index contributed by atoms with van der Waals surface area (Å²) in [5.74, 6) is 0.860. The lowest BCUT2D eigenvalue weighted by atomic mass is 10.0. The van der Waals surface area contributed by atoms with Crippen molar-refractivity contribution >= 4 is 22.9 Å². The highest BCUT2D eigenvalue weighted by atomic mass is 127. The molecule has 1 heterocycles. The molecule has 1 aliphatic rings. The second kappa shape index (κ2) is 4.62. The maximum absolute atomic E-state index is 3.53. The molecule has 1 fully saturated rings. The van der Waals surface area contributed by atoms with Crippen LogP contribution >= 0.6 is 22.9 Å². The van der Waals surface area contributed by atoms with Crippen molar-refractivity contribution in [2.75, 3.05) is 19.6 Å². The number of hydrogen-bond acceptors (Lipinski definition) is 2. The fraction of sp³-hybridized carbons (Fsp3) is 1.00. The van der Waals surface area contributed by atoms with Gasteiger partial charge in [0.15, 0.2) is 0 Å². The van der Waals surface area contributed by atoms with E-state index < -0.39 is 0 Å². The standard InChI is InChI=1S/C8H17IN2/c1-3-11(9)6-8-7(2)4-5-10-8/h7-8,10H,3-6H2,1-2H3/t7-,8-/m0/s1. The summed E-state index contributed by atoms with van der Waals surface area (Å²) < 4.78 is 2.34. The molecule has 0 aromatic rings. The van der Waals surface area contributed by atoms with Gasteiger partial charge in [-0.3, -0.25) is 0 Å². The Hall–Kier alpha value is 0.650. The minimum atomic E-state index is 0.729. The van der Waals surface area contributed by atoms with Crippen molar-refractivity contribution in [2.24, 2.45) is 5.92 Å². The van der Waals surface area contributed by atoms with Gasteiger partial charge in [-0.15, -0.1) is 0 Å². The van der Waals surface area contributed by atoms with E-state index in [1.807, 2.05) is 0 Å². The average Bonchev–Trinajstić information content (AvgIpc) is 2.37. The van der Waals surface area contributed by atoms with Crippen LogP contribution in [0, 0.1) is 5.92 Å². The number of likely N-dealkylation sites (N-methyl/N-ethyl adjacent to an activating group) is 1. The van der Waals surface area contributed by atoms with Gasteiger partial charge in [-0.05, 0) is 18.9 Å². The molecule has 1 N–H and O–H groups in total. The zero-order valence-electron chi connectivity index (χ0n) is 7.31. The second-order valence-corrected chi connectivity index (χ2v) is 4.65. The van der Waals surface area contributed by atoms with Crippen molar-refractivity contribution in [3.63, 3.8) is 0 Å². The van der Waals surface area contributed by atoms with Gasteiger partial charge >= 0.3 is 0 Å². The molecular weight excluding hydrogens is 251 g/mol. The molecule has 0 amide bonds. The van der Waals surface area contributed by atoms with Crippen LogP contribution < -0.4 is 5.32 Å². The number of nitrogens with zero attached hydrogens (tertiary/aromatic N) is 1. The molecule has 66 valence electrons. The molecule has 1 aliphatic heterocycles. The predicted molar refractivity (Wildman–Crippen MR) is 56.8 cm³/mol. The van der Waals surface area contributed by atoms with Crippen LogP contribution in [0.1, 0.15) is 20.3 Å². The first-order chi connectivity index (χ1) is 5.24. The normalized spacial score (nSPS) is 31.6. The van der Waals surface area contributed by atoms with Crippen LogP contribution in [0.2, 0.25) is 0 Å². The first kappa shape index (κ1) is 9.74. The van der Waals surface area contributed by atoms with E-state index in [1.165, 1.54) is 19.5 Å². The van der Waals surface area contributed by atoms with Crippen LogP contribution in [-0.2, 0) is 0 Å². The molecule has 3 heteroatoms. The van der Waals surface area contributed by atoms with Gasteiger partial charge in [0, 0.05) is 42.0 Å². The third-order valence-corrected chi connectivity index (χ3v) is 3.51. The van der Waals surface area contributed by atoms with Gasteiger partial charge < -0.3 is 5.32 Å². The Labute approximate surface area is 83.2 Å². The van der Waals surface area contributed by atoms with Crippen LogP contribution in [0.15, 0.2) is 0 Å². The molecule has 0 radical (unpaired) electrons. The van der Waals surface area contributed by atoms with E-state index >= 15 is 0 Å². The van der Waals surface area contributed by atoms with Gasteiger partial charge in [-0.2, -0.15) is 0 Å². The maximum Gasteiger partial charge on any atom is 0.0238 e. The van der Waals surface area contributed by atoms with Crippen LogP contribution in [0.25, 0.3) is 0 Å². The number of halogens is 1. The molecular formula is C8H17IN2. The molecule has 2 atom stereocenters. The summed E-state index contributed by atoms with van der Waals surface area (Å²) in [6, 6.07) is 0.729. The Balaban J connectivity index is 2.24. The van der Waals surface area contributed by atoms with E-state index in [9.17, 15) is 0 Å². The van der Waals surface area contributed by atoms with Crippen molar-refractivity contribution in [3.8, 4) is 0 Å². The van der Waals surface area contributed by atoms with Crippen molar-refractivity contribution in [3.05, 3.63) is 0 Å². The molecule has 1 rings (SSSR count). The number of hydrogen-bond donors (Lipinski definition) is 1. The van der Waals surface area contributed by atoms with Crippen LogP contribution in [0.3, 0.4) is 0 Å². The lowest BCUT2D eigenvalue weighted by Gasteiger charge is -2.20. The van der Waals surface area contributed by atoms with E-state index in [0.717, 1.165) is 18.5 Å². The zero-order chi connectivity index (χ0) is 8.27. The summed E-state index contributed by atoms with van der Waals surface area (Å²) in [5, 5.41) is 3.53. The first-order valence-electron chi connectivity index (χ1n) is 4.38. The van der Waals surface area contributed by atoms with E-state index in [4.69, 9.17) is 0 Å². The fourth-order valence-electron chi connectivity index (χ4n) is 1.49. The lowest BCUT2D eigenvalue weighted by Crippen LogP contribution is -2.35. The monoisotopic (exact) mass is 268 g/mol. The van der Waals surface area contributed by atoms with Crippen molar-refractivity contribution in [2.45, 2.75) is 26.3 Å². The maximum atomic E-state index is 3.53. The van der Waals surface area contributed by atoms with E-state index in [-0.39, 0.29) is 0 Å². The number of rotatable bonds is 3. The third kappa shape index (κ3) is 2.87. The molecule has 11 heavy (non-hydrogen) atoms. The topological polar surface area (TPSA) is 15.3 Å². The quantitative estimate of drug-likeness (QED) is 0.618. The van der Waals surface area contributed by atoms with Crippen molar-refractivity contribution in [1.82, 2.24) is 8.43 Å². The fourth-order valence-corrected chi connectivity index (χ4v) is 1.91. The second-order valence-electron chi connectivity index (χ2n) is 3.29. The zero-order valence-corrected chi connectivity index (χ0v) is 9.47. The third-order valence-electron chi connectivity index (χ3n) is 2.43. The lowest BCUT2D eigenvalue weighted by molar-refractivity contribution is 0.393. The van der Waals surface area contributed by atoms with Gasteiger partial charge in [0.25, 0.3) is 0 Å². The van der Waals surface area contributed by atoms with E-state index in [1.54, 1.807) is 0 Å². The van der Waals surface area contributed by atoms with Crippen molar-refractivity contribution < 1.29 is 0 Å². The summed E-state index contributed by atoms with van der Waals surface area (Å²) in [6.07, 6.45) is 1.35. The predicted octanol–water partition coefficient (Wildman–Crippen LogP) is 1.66. The summed E-state index contributed by atoms with van der Waals surface area (Å²) >= 11 is 2.40. The summed E-state index contributed by atoms with van der Waals surface area (Å²) in [7, 11) is 0. The first-order valence-corrected chi connectivity index (χ1v) is 5.34. The molecule has 1 saturated heterocycles. The molecule has 0 spiro atoms. The van der Waals surface area contributed by atoms with Gasteiger partial charge in [0.2, 0.25) is 0 Å². The minimum absolute atomic E-state index is 0.729. The molecule has 0 aliphatic carbocycles. The summed E-state index contributed by atoms with van der Waals surface area (Å²) in [4.78, 5) is 0. The molecule has 0 aromatic carbocycles. The Bertz CT molecular complexity index is 119. The van der Waals surface area contributed by atoms with Gasteiger partial charge in [-0.1, -0.05) is 13.8 Å². The Morgan fingerprint density at radius 3 is 2.82 bits per heavy atom. The Kier molecular flexibility index (Phi) is 4.09. The number of nitrogens with one attached hydrogen (secondary N) is 1. The Morgan fingerprint density at radius 1 is 1.64 bits per heavy atom. The Morgan fingerprint density at radius 2 is 2.36 bits per heavy atom. The van der Waals surface area contributed by atoms with E-state index in [0.29, 0.717) is 0 Å². The summed E-state index contributed by atoms with van der Waals surface area (Å²) in [5.41, 5.74) is 0. The van der Waals surface area contributed by atoms with Gasteiger partial charge in [0.05, 0.1) is 0 Å². The highest BCUT2D eigenvalue weighted by Gasteiger charge is 2.23. The van der Waals surface area contributed by atoms with Crippen molar-refractivity contribution in [1.29, 1.82) is 0 Å². The molecule has 0 bridgehead atoms. The van der Waals surface area contributed by atoms with Crippen LogP contribution in [-0.4, -0.2) is 28.8 Å². The molecule has 0 unspecified atom stereocenters.